The van der Waals surface area contributed by atoms with Crippen LogP contribution in [-0.4, -0.2) is 29.7 Å². The van der Waals surface area contributed by atoms with Crippen LogP contribution in [0.1, 0.15) is 18.5 Å². The molecule has 0 fully saturated rings. The van der Waals surface area contributed by atoms with Crippen molar-refractivity contribution in [3.8, 4) is 11.1 Å². The van der Waals surface area contributed by atoms with Crippen LogP contribution in [0, 0.1) is 0 Å². The third kappa shape index (κ3) is 3.94. The van der Waals surface area contributed by atoms with Crippen molar-refractivity contribution in [2.75, 3.05) is 7.05 Å². The van der Waals surface area contributed by atoms with Crippen LogP contribution in [0.5, 0.6) is 0 Å². The molecule has 0 bridgehead atoms. The van der Waals surface area contributed by atoms with Gasteiger partial charge in [0.2, 0.25) is 5.56 Å². The van der Waals surface area contributed by atoms with Crippen molar-refractivity contribution in [2.45, 2.75) is 13.0 Å². The summed E-state index contributed by atoms with van der Waals surface area (Å²) in [6.07, 6.45) is 1.64. The molecule has 0 amide bonds. The Morgan fingerprint density at radius 2 is 1.77 bits per heavy atom. The van der Waals surface area contributed by atoms with Gasteiger partial charge >= 0.3 is 0 Å². The lowest BCUT2D eigenvalue weighted by Gasteiger charge is -2.22. The summed E-state index contributed by atoms with van der Waals surface area (Å²) < 4.78 is 24.1. The predicted octanol–water partition coefficient (Wildman–Crippen LogP) is 2.21. The minimum absolute atomic E-state index is 0. The van der Waals surface area contributed by atoms with Crippen molar-refractivity contribution < 1.29 is 8.42 Å². The summed E-state index contributed by atoms with van der Waals surface area (Å²) in [6.45, 7) is 1.77. The molecule has 0 aliphatic rings. The number of rotatable bonds is 4. The molecule has 0 unspecified atom stereocenters. The number of aromatic nitrogens is 2. The summed E-state index contributed by atoms with van der Waals surface area (Å²) >= 11 is 0. The normalized spacial score (nSPS) is 12.8. The van der Waals surface area contributed by atoms with Crippen molar-refractivity contribution in [3.63, 3.8) is 0 Å². The van der Waals surface area contributed by atoms with Gasteiger partial charge in [-0.25, -0.2) is 10.1 Å². The zero-order chi connectivity index (χ0) is 18.2. The molecular formula is C17H19ClN4O3S. The molecule has 0 spiro atoms. The first-order valence-corrected chi connectivity index (χ1v) is 9.12. The number of pyridine rings is 2. The number of hydrogen-bond acceptors (Lipinski definition) is 4. The minimum Gasteiger partial charge on any atom is -0.307 e. The third-order valence-electron chi connectivity index (χ3n) is 4.28. The summed E-state index contributed by atoms with van der Waals surface area (Å²) in [7, 11) is -2.31. The standard InChI is InChI=1S/C17H18N4O3S.ClH/c1-11(21(2)25(18,23)24)12-3-5-13(6-4-12)14-9-10-19-17-15(14)7-8-16(22)20-17;/h3-11H,1-2H3,(H2,18,23,24)(H,19,20,22);1H/t11-;/m0./s1. The van der Waals surface area contributed by atoms with Gasteiger partial charge in [0, 0.05) is 30.7 Å². The first-order chi connectivity index (χ1) is 11.8. The van der Waals surface area contributed by atoms with Crippen molar-refractivity contribution in [3.05, 3.63) is 64.6 Å². The van der Waals surface area contributed by atoms with E-state index in [-0.39, 0.29) is 24.0 Å². The molecule has 9 heteroatoms. The van der Waals surface area contributed by atoms with Gasteiger partial charge < -0.3 is 4.98 Å². The number of aromatic amines is 1. The Kier molecular flexibility index (Phi) is 5.82. The summed E-state index contributed by atoms with van der Waals surface area (Å²) in [4.78, 5) is 18.3. The molecule has 2 aromatic heterocycles. The molecule has 0 aliphatic heterocycles. The van der Waals surface area contributed by atoms with E-state index in [9.17, 15) is 13.2 Å². The number of H-pyrrole nitrogens is 1. The second-order valence-electron chi connectivity index (χ2n) is 5.80. The molecule has 0 saturated carbocycles. The highest BCUT2D eigenvalue weighted by Gasteiger charge is 2.20. The van der Waals surface area contributed by atoms with Crippen molar-refractivity contribution in [1.29, 1.82) is 0 Å². The zero-order valence-corrected chi connectivity index (χ0v) is 15.8. The van der Waals surface area contributed by atoms with Crippen molar-refractivity contribution in [1.82, 2.24) is 14.3 Å². The van der Waals surface area contributed by atoms with Crippen LogP contribution >= 0.6 is 12.4 Å². The lowest BCUT2D eigenvalue weighted by Crippen LogP contribution is -2.35. The summed E-state index contributed by atoms with van der Waals surface area (Å²) in [5, 5.41) is 6.01. The van der Waals surface area contributed by atoms with Gasteiger partial charge in [0.25, 0.3) is 10.2 Å². The fraction of sp³-hybridized carbons (Fsp3) is 0.176. The number of nitrogens with zero attached hydrogens (tertiary/aromatic N) is 2. The smallest absolute Gasteiger partial charge is 0.277 e. The van der Waals surface area contributed by atoms with Gasteiger partial charge in [-0.05, 0) is 35.7 Å². The maximum absolute atomic E-state index is 11.5. The molecule has 0 radical (unpaired) electrons. The van der Waals surface area contributed by atoms with E-state index in [1.165, 1.54) is 13.1 Å². The Morgan fingerprint density at radius 1 is 1.12 bits per heavy atom. The zero-order valence-electron chi connectivity index (χ0n) is 14.2. The predicted molar refractivity (Wildman–Crippen MR) is 104 cm³/mol. The highest BCUT2D eigenvalue weighted by molar-refractivity contribution is 7.86. The van der Waals surface area contributed by atoms with Crippen LogP contribution in [0.15, 0.2) is 53.5 Å². The van der Waals surface area contributed by atoms with E-state index < -0.39 is 10.2 Å². The maximum Gasteiger partial charge on any atom is 0.277 e. The van der Waals surface area contributed by atoms with Gasteiger partial charge in [0.05, 0.1) is 0 Å². The van der Waals surface area contributed by atoms with Crippen LogP contribution in [-0.2, 0) is 10.2 Å². The molecule has 1 atom stereocenters. The molecule has 2 heterocycles. The number of hydrogen-bond donors (Lipinski definition) is 2. The van der Waals surface area contributed by atoms with Crippen molar-refractivity contribution >= 4 is 33.6 Å². The molecule has 3 aromatic rings. The first kappa shape index (κ1) is 20.1. The van der Waals surface area contributed by atoms with Gasteiger partial charge in [0.1, 0.15) is 5.65 Å². The van der Waals surface area contributed by atoms with E-state index in [0.29, 0.717) is 5.65 Å². The van der Waals surface area contributed by atoms with E-state index in [1.807, 2.05) is 30.3 Å². The topological polar surface area (TPSA) is 109 Å². The average Bonchev–Trinajstić information content (AvgIpc) is 2.59. The Bertz CT molecular complexity index is 1080. The minimum atomic E-state index is -3.75. The van der Waals surface area contributed by atoms with E-state index in [0.717, 1.165) is 26.4 Å². The molecule has 138 valence electrons. The Balaban J connectivity index is 0.00000243. The Labute approximate surface area is 157 Å². The van der Waals surface area contributed by atoms with E-state index in [2.05, 4.69) is 9.97 Å². The fourth-order valence-electron chi connectivity index (χ4n) is 2.68. The largest absolute Gasteiger partial charge is 0.307 e. The van der Waals surface area contributed by atoms with Gasteiger partial charge in [0.15, 0.2) is 0 Å². The van der Waals surface area contributed by atoms with Crippen LogP contribution in [0.25, 0.3) is 22.2 Å². The van der Waals surface area contributed by atoms with Gasteiger partial charge in [-0.3, -0.25) is 4.79 Å². The fourth-order valence-corrected chi connectivity index (χ4v) is 3.24. The van der Waals surface area contributed by atoms with Gasteiger partial charge in [-0.2, -0.15) is 12.7 Å². The molecule has 0 saturated heterocycles. The summed E-state index contributed by atoms with van der Waals surface area (Å²) in [5.41, 5.74) is 3.02. The van der Waals surface area contributed by atoms with Crippen molar-refractivity contribution in [2.24, 2.45) is 5.14 Å². The third-order valence-corrected chi connectivity index (χ3v) is 5.40. The van der Waals surface area contributed by atoms with Gasteiger partial charge in [-0.1, -0.05) is 24.3 Å². The quantitative estimate of drug-likeness (QED) is 0.706. The lowest BCUT2D eigenvalue weighted by atomic mass is 10.00. The second-order valence-corrected chi connectivity index (χ2v) is 7.41. The van der Waals surface area contributed by atoms with Crippen LogP contribution < -0.4 is 10.7 Å². The van der Waals surface area contributed by atoms with Gasteiger partial charge in [-0.15, -0.1) is 12.4 Å². The number of fused-ring (bicyclic) bond motifs is 1. The number of halogens is 1. The highest BCUT2D eigenvalue weighted by atomic mass is 35.5. The average molecular weight is 395 g/mol. The van der Waals surface area contributed by atoms with E-state index in [4.69, 9.17) is 5.14 Å². The molecule has 1 aromatic carbocycles. The van der Waals surface area contributed by atoms with E-state index in [1.54, 1.807) is 19.2 Å². The monoisotopic (exact) mass is 394 g/mol. The van der Waals surface area contributed by atoms with E-state index >= 15 is 0 Å². The lowest BCUT2D eigenvalue weighted by molar-refractivity contribution is 0.399. The summed E-state index contributed by atoms with van der Waals surface area (Å²) in [6, 6.07) is 12.2. The molecular weight excluding hydrogens is 376 g/mol. The second kappa shape index (κ2) is 7.55. The SMILES string of the molecule is C[C@@H](c1ccc(-c2ccnc3[nH]c(=O)ccc23)cc1)N(C)S(N)(=O)=O.Cl. The first-order valence-electron chi connectivity index (χ1n) is 7.61. The number of nitrogens with two attached hydrogens (primary N) is 1. The maximum atomic E-state index is 11.5. The molecule has 3 N–H and O–H groups in total. The number of benzene rings is 1. The Hall–Kier alpha value is -2.26. The molecule has 3 rings (SSSR count). The van der Waals surface area contributed by atoms with Crippen LogP contribution in [0.3, 0.4) is 0 Å². The molecule has 0 aliphatic carbocycles. The Morgan fingerprint density at radius 3 is 2.38 bits per heavy atom. The highest BCUT2D eigenvalue weighted by Crippen LogP contribution is 2.28. The number of nitrogens with one attached hydrogen (secondary N) is 1. The summed E-state index contributed by atoms with van der Waals surface area (Å²) in [5.74, 6) is 0. The molecule has 26 heavy (non-hydrogen) atoms. The molecule has 7 nitrogen and oxygen atoms in total. The van der Waals surface area contributed by atoms with Crippen LogP contribution in [0.2, 0.25) is 0 Å². The van der Waals surface area contributed by atoms with Crippen LogP contribution in [0.4, 0.5) is 0 Å².